The highest BCUT2D eigenvalue weighted by Gasteiger charge is 2.26. The SMILES string of the molecule is O=C(CCc1ccccc1)O[C@@H](C(=O)c1ccccc1)c1ccc(Cl)cc1. The first-order valence-electron chi connectivity index (χ1n) is 8.71. The molecule has 4 heteroatoms. The third-order valence-electron chi connectivity index (χ3n) is 4.18. The lowest BCUT2D eigenvalue weighted by molar-refractivity contribution is -0.147. The van der Waals surface area contributed by atoms with E-state index >= 15 is 0 Å². The van der Waals surface area contributed by atoms with Crippen LogP contribution in [0.4, 0.5) is 0 Å². The maximum atomic E-state index is 12.9. The molecule has 0 fully saturated rings. The number of ether oxygens (including phenoxy) is 1. The molecule has 27 heavy (non-hydrogen) atoms. The van der Waals surface area contributed by atoms with E-state index in [1.54, 1.807) is 48.5 Å². The molecule has 0 saturated carbocycles. The van der Waals surface area contributed by atoms with Gasteiger partial charge >= 0.3 is 5.97 Å². The summed E-state index contributed by atoms with van der Waals surface area (Å²) in [5.74, 6) is -0.672. The molecule has 0 spiro atoms. The monoisotopic (exact) mass is 378 g/mol. The topological polar surface area (TPSA) is 43.4 Å². The molecule has 0 N–H and O–H groups in total. The van der Waals surface area contributed by atoms with Crippen LogP contribution in [-0.2, 0) is 16.0 Å². The summed E-state index contributed by atoms with van der Waals surface area (Å²) in [6, 6.07) is 25.3. The van der Waals surface area contributed by atoms with Crippen LogP contribution in [0, 0.1) is 0 Å². The van der Waals surface area contributed by atoms with Crippen molar-refractivity contribution in [3.05, 3.63) is 107 Å². The zero-order valence-electron chi connectivity index (χ0n) is 14.7. The fourth-order valence-corrected chi connectivity index (χ4v) is 2.87. The molecular weight excluding hydrogens is 360 g/mol. The molecule has 3 rings (SSSR count). The van der Waals surface area contributed by atoms with Crippen LogP contribution in [0.25, 0.3) is 0 Å². The Morgan fingerprint density at radius 3 is 2.04 bits per heavy atom. The highest BCUT2D eigenvalue weighted by molar-refractivity contribution is 6.30. The number of rotatable bonds is 7. The lowest BCUT2D eigenvalue weighted by Crippen LogP contribution is -2.20. The summed E-state index contributed by atoms with van der Waals surface area (Å²) >= 11 is 5.94. The van der Waals surface area contributed by atoms with E-state index < -0.39 is 12.1 Å². The Bertz CT molecular complexity index is 890. The van der Waals surface area contributed by atoms with Crippen molar-refractivity contribution in [3.8, 4) is 0 Å². The maximum absolute atomic E-state index is 12.9. The lowest BCUT2D eigenvalue weighted by atomic mass is 9.99. The van der Waals surface area contributed by atoms with Gasteiger partial charge in [-0.05, 0) is 24.1 Å². The van der Waals surface area contributed by atoms with Gasteiger partial charge in [0, 0.05) is 22.6 Å². The van der Waals surface area contributed by atoms with Crippen molar-refractivity contribution in [2.45, 2.75) is 18.9 Å². The molecule has 0 bridgehead atoms. The van der Waals surface area contributed by atoms with Crippen LogP contribution in [0.2, 0.25) is 5.02 Å². The van der Waals surface area contributed by atoms with Crippen LogP contribution >= 0.6 is 11.6 Å². The molecule has 0 heterocycles. The Hall–Kier alpha value is -2.91. The zero-order chi connectivity index (χ0) is 19.1. The molecule has 0 saturated heterocycles. The van der Waals surface area contributed by atoms with E-state index in [0.29, 0.717) is 22.6 Å². The van der Waals surface area contributed by atoms with Gasteiger partial charge in [0.1, 0.15) is 0 Å². The van der Waals surface area contributed by atoms with E-state index in [0.717, 1.165) is 5.56 Å². The maximum Gasteiger partial charge on any atom is 0.307 e. The number of ketones is 1. The molecule has 0 aliphatic carbocycles. The second kappa shape index (κ2) is 9.15. The van der Waals surface area contributed by atoms with Gasteiger partial charge in [-0.2, -0.15) is 0 Å². The van der Waals surface area contributed by atoms with Crippen molar-refractivity contribution in [2.24, 2.45) is 0 Å². The van der Waals surface area contributed by atoms with Crippen LogP contribution in [0.15, 0.2) is 84.9 Å². The molecule has 0 aromatic heterocycles. The van der Waals surface area contributed by atoms with Gasteiger partial charge in [-0.1, -0.05) is 84.4 Å². The molecule has 3 aromatic carbocycles. The Morgan fingerprint density at radius 2 is 1.41 bits per heavy atom. The van der Waals surface area contributed by atoms with Crippen molar-refractivity contribution >= 4 is 23.4 Å². The minimum atomic E-state index is -0.993. The fraction of sp³-hybridized carbons (Fsp3) is 0.130. The number of hydrogen-bond acceptors (Lipinski definition) is 3. The summed E-state index contributed by atoms with van der Waals surface area (Å²) in [6.07, 6.45) is -0.226. The second-order valence-corrected chi connectivity index (χ2v) is 6.57. The number of Topliss-reactive ketones (excluding diaryl/α,β-unsaturated/α-hetero) is 1. The highest BCUT2D eigenvalue weighted by Crippen LogP contribution is 2.25. The average Bonchev–Trinajstić information content (AvgIpc) is 2.72. The number of hydrogen-bond donors (Lipinski definition) is 0. The van der Waals surface area contributed by atoms with Crippen molar-refractivity contribution in [1.82, 2.24) is 0 Å². The fourth-order valence-electron chi connectivity index (χ4n) is 2.75. The van der Waals surface area contributed by atoms with Crippen LogP contribution in [-0.4, -0.2) is 11.8 Å². The molecular formula is C23H19ClO3. The van der Waals surface area contributed by atoms with Gasteiger partial charge in [0.15, 0.2) is 6.10 Å². The number of halogens is 1. The quantitative estimate of drug-likeness (QED) is 0.406. The first-order valence-corrected chi connectivity index (χ1v) is 9.09. The number of benzene rings is 3. The van der Waals surface area contributed by atoms with E-state index in [1.165, 1.54) is 0 Å². The molecule has 3 nitrogen and oxygen atoms in total. The summed E-state index contributed by atoms with van der Waals surface area (Å²) in [5.41, 5.74) is 2.14. The predicted octanol–water partition coefficient (Wildman–Crippen LogP) is 5.44. The predicted molar refractivity (Wildman–Crippen MR) is 106 cm³/mol. The first kappa shape index (κ1) is 18.9. The van der Waals surface area contributed by atoms with Crippen LogP contribution in [0.3, 0.4) is 0 Å². The van der Waals surface area contributed by atoms with Crippen molar-refractivity contribution in [1.29, 1.82) is 0 Å². The summed E-state index contributed by atoms with van der Waals surface area (Å²) in [5, 5.41) is 0.556. The van der Waals surface area contributed by atoms with Gasteiger partial charge in [0.05, 0.1) is 0 Å². The van der Waals surface area contributed by atoms with Gasteiger partial charge < -0.3 is 4.74 Å². The highest BCUT2D eigenvalue weighted by atomic mass is 35.5. The summed E-state index contributed by atoms with van der Waals surface area (Å²) < 4.78 is 5.58. The Labute approximate surface area is 163 Å². The number of carbonyl (C=O) groups is 2. The number of esters is 1. The minimum Gasteiger partial charge on any atom is -0.449 e. The largest absolute Gasteiger partial charge is 0.449 e. The van der Waals surface area contributed by atoms with E-state index in [2.05, 4.69) is 0 Å². The third kappa shape index (κ3) is 5.28. The number of aryl methyl sites for hydroxylation is 1. The Kier molecular flexibility index (Phi) is 6.39. The van der Waals surface area contributed by atoms with Crippen molar-refractivity contribution < 1.29 is 14.3 Å². The van der Waals surface area contributed by atoms with Crippen molar-refractivity contribution in [2.75, 3.05) is 0 Å². The smallest absolute Gasteiger partial charge is 0.307 e. The molecule has 1 atom stereocenters. The molecule has 3 aromatic rings. The standard InChI is InChI=1S/C23H19ClO3/c24-20-14-12-19(13-15-20)23(22(26)18-9-5-2-6-10-18)27-21(25)16-11-17-7-3-1-4-8-17/h1-10,12-15,23H,11,16H2/t23-/m1/s1. The first-order chi connectivity index (χ1) is 13.1. The van der Waals surface area contributed by atoms with E-state index in [4.69, 9.17) is 16.3 Å². The normalized spacial score (nSPS) is 11.6. The van der Waals surface area contributed by atoms with Crippen LogP contribution < -0.4 is 0 Å². The van der Waals surface area contributed by atoms with Crippen LogP contribution in [0.5, 0.6) is 0 Å². The Morgan fingerprint density at radius 1 is 0.815 bits per heavy atom. The van der Waals surface area contributed by atoms with Gasteiger partial charge in [-0.3, -0.25) is 9.59 Å². The minimum absolute atomic E-state index is 0.205. The van der Waals surface area contributed by atoms with Gasteiger partial charge in [-0.15, -0.1) is 0 Å². The summed E-state index contributed by atoms with van der Waals surface area (Å²) in [6.45, 7) is 0. The Balaban J connectivity index is 1.76. The summed E-state index contributed by atoms with van der Waals surface area (Å²) in [4.78, 5) is 25.3. The molecule has 0 aliphatic heterocycles. The second-order valence-electron chi connectivity index (χ2n) is 6.14. The van der Waals surface area contributed by atoms with Gasteiger partial charge in [-0.25, -0.2) is 0 Å². The third-order valence-corrected chi connectivity index (χ3v) is 4.43. The van der Waals surface area contributed by atoms with Gasteiger partial charge in [0.2, 0.25) is 5.78 Å². The zero-order valence-corrected chi connectivity index (χ0v) is 15.4. The number of carbonyl (C=O) groups excluding carboxylic acids is 2. The van der Waals surface area contributed by atoms with Gasteiger partial charge in [0.25, 0.3) is 0 Å². The molecule has 0 aliphatic rings. The molecule has 136 valence electrons. The van der Waals surface area contributed by atoms with E-state index in [9.17, 15) is 9.59 Å². The van der Waals surface area contributed by atoms with E-state index in [1.807, 2.05) is 36.4 Å². The average molecular weight is 379 g/mol. The van der Waals surface area contributed by atoms with Crippen molar-refractivity contribution in [3.63, 3.8) is 0 Å². The molecule has 0 radical (unpaired) electrons. The van der Waals surface area contributed by atoms with Crippen LogP contribution in [0.1, 0.15) is 34.0 Å². The van der Waals surface area contributed by atoms with E-state index in [-0.39, 0.29) is 12.2 Å². The summed E-state index contributed by atoms with van der Waals surface area (Å²) in [7, 11) is 0. The molecule has 0 amide bonds. The molecule has 0 unspecified atom stereocenters. The lowest BCUT2D eigenvalue weighted by Gasteiger charge is -2.17.